The molecular weight excluding hydrogens is 456 g/mol. The molecule has 9 heteroatoms. The standard InChI is InChI=1S/C16H15N3O3S.C8H7NS/c20-14(11-4-2-1-3-5-11)19-16(23)18-9-6-12-10-17-8-7-13(12)15(21)22;10-7-9-6-8-4-2-1-3-5-8/h1-5,7-8,10H,6,9H2,(H,21,22)(H2,18,19,20,23);1-5H,6H2. The van der Waals surface area contributed by atoms with Crippen LogP contribution in [-0.2, 0) is 13.0 Å². The van der Waals surface area contributed by atoms with Crippen LogP contribution < -0.4 is 10.6 Å². The van der Waals surface area contributed by atoms with E-state index in [9.17, 15) is 9.59 Å². The van der Waals surface area contributed by atoms with Crippen molar-refractivity contribution in [3.63, 3.8) is 0 Å². The highest BCUT2D eigenvalue weighted by molar-refractivity contribution is 7.80. The van der Waals surface area contributed by atoms with E-state index in [1.54, 1.807) is 24.3 Å². The second-order valence-corrected chi connectivity index (χ2v) is 7.15. The van der Waals surface area contributed by atoms with E-state index in [1.807, 2.05) is 36.4 Å². The summed E-state index contributed by atoms with van der Waals surface area (Å²) >= 11 is 9.49. The molecule has 0 atom stereocenters. The van der Waals surface area contributed by atoms with E-state index in [4.69, 9.17) is 17.3 Å². The minimum Gasteiger partial charge on any atom is -0.478 e. The molecule has 1 aromatic heterocycles. The Hall–Kier alpha value is -3.78. The highest BCUT2D eigenvalue weighted by Crippen LogP contribution is 2.07. The largest absolute Gasteiger partial charge is 0.478 e. The van der Waals surface area contributed by atoms with Crippen LogP contribution in [0.4, 0.5) is 0 Å². The number of rotatable bonds is 7. The SMILES string of the molecule is O=C(NC(=S)NCCc1cnccc1C(=O)O)c1ccccc1.S=C=NCc1ccccc1. The zero-order valence-corrected chi connectivity index (χ0v) is 19.2. The summed E-state index contributed by atoms with van der Waals surface area (Å²) in [6.45, 7) is 1.03. The summed E-state index contributed by atoms with van der Waals surface area (Å²) in [5.41, 5.74) is 2.49. The molecule has 1 amide bonds. The summed E-state index contributed by atoms with van der Waals surface area (Å²) in [5.74, 6) is -1.29. The van der Waals surface area contributed by atoms with Gasteiger partial charge < -0.3 is 10.4 Å². The highest BCUT2D eigenvalue weighted by Gasteiger charge is 2.10. The van der Waals surface area contributed by atoms with Crippen LogP contribution in [-0.4, -0.2) is 38.8 Å². The molecule has 0 aliphatic rings. The number of carboxylic acids is 1. The van der Waals surface area contributed by atoms with Gasteiger partial charge in [0.25, 0.3) is 5.91 Å². The maximum atomic E-state index is 11.9. The second-order valence-electron chi connectivity index (χ2n) is 6.56. The van der Waals surface area contributed by atoms with Crippen molar-refractivity contribution in [3.05, 3.63) is 101 Å². The number of aliphatic imine (C=N–C) groups is 1. The van der Waals surface area contributed by atoms with Gasteiger partial charge in [-0.05, 0) is 60.2 Å². The van der Waals surface area contributed by atoms with Crippen LogP contribution in [0.5, 0.6) is 0 Å². The summed E-state index contributed by atoms with van der Waals surface area (Å²) in [5, 5.41) is 17.1. The molecule has 0 spiro atoms. The van der Waals surface area contributed by atoms with E-state index in [0.717, 1.165) is 0 Å². The average Bonchev–Trinajstić information content (AvgIpc) is 2.84. The van der Waals surface area contributed by atoms with E-state index in [2.05, 4.69) is 38.0 Å². The van der Waals surface area contributed by atoms with E-state index in [0.29, 0.717) is 30.6 Å². The maximum absolute atomic E-state index is 11.9. The number of nitrogens with zero attached hydrogens (tertiary/aromatic N) is 2. The Morgan fingerprint density at radius 1 is 1.03 bits per heavy atom. The number of carboxylic acid groups (broad SMARTS) is 1. The number of nitrogens with one attached hydrogen (secondary N) is 2. The number of aromatic carboxylic acids is 1. The van der Waals surface area contributed by atoms with Crippen LogP contribution in [0.25, 0.3) is 0 Å². The van der Waals surface area contributed by atoms with Gasteiger partial charge in [0.1, 0.15) is 0 Å². The lowest BCUT2D eigenvalue weighted by molar-refractivity contribution is 0.0695. The van der Waals surface area contributed by atoms with E-state index in [1.165, 1.54) is 24.0 Å². The molecule has 3 aromatic rings. The maximum Gasteiger partial charge on any atom is 0.336 e. The van der Waals surface area contributed by atoms with Crippen molar-refractivity contribution in [2.24, 2.45) is 4.99 Å². The molecule has 0 fully saturated rings. The monoisotopic (exact) mass is 478 g/mol. The Morgan fingerprint density at radius 2 is 1.70 bits per heavy atom. The van der Waals surface area contributed by atoms with Crippen LogP contribution in [0.1, 0.15) is 31.8 Å². The van der Waals surface area contributed by atoms with Gasteiger partial charge in [-0.1, -0.05) is 48.5 Å². The van der Waals surface area contributed by atoms with Gasteiger partial charge in [-0.15, -0.1) is 0 Å². The first-order chi connectivity index (χ1) is 16.0. The molecule has 0 unspecified atom stereocenters. The van der Waals surface area contributed by atoms with Crippen LogP contribution in [0.2, 0.25) is 0 Å². The summed E-state index contributed by atoms with van der Waals surface area (Å²) in [6, 6.07) is 20.1. The normalized spacial score (nSPS) is 9.45. The van der Waals surface area contributed by atoms with Crippen molar-refractivity contribution in [1.29, 1.82) is 0 Å². The Kier molecular flexibility index (Phi) is 11.1. The first kappa shape index (κ1) is 25.5. The number of pyridine rings is 1. The molecule has 0 saturated carbocycles. The van der Waals surface area contributed by atoms with E-state index < -0.39 is 5.97 Å². The summed E-state index contributed by atoms with van der Waals surface area (Å²) in [4.78, 5) is 30.7. The molecule has 1 heterocycles. The minimum atomic E-state index is -0.998. The number of hydrogen-bond acceptors (Lipinski definition) is 6. The number of thiocarbonyl (C=S) groups is 2. The van der Waals surface area contributed by atoms with Gasteiger partial charge in [0, 0.05) is 24.5 Å². The lowest BCUT2D eigenvalue weighted by atomic mass is 10.1. The average molecular weight is 479 g/mol. The number of carbonyl (C=O) groups is 2. The van der Waals surface area contributed by atoms with Crippen molar-refractivity contribution < 1.29 is 14.7 Å². The number of benzene rings is 2. The molecule has 168 valence electrons. The van der Waals surface area contributed by atoms with Crippen LogP contribution in [0, 0.1) is 0 Å². The molecule has 7 nitrogen and oxygen atoms in total. The molecule has 0 saturated heterocycles. The van der Waals surface area contributed by atoms with Crippen molar-refractivity contribution >= 4 is 46.6 Å². The van der Waals surface area contributed by atoms with Gasteiger partial charge in [-0.25, -0.2) is 9.79 Å². The van der Waals surface area contributed by atoms with Gasteiger partial charge >= 0.3 is 5.97 Å². The lowest BCUT2D eigenvalue weighted by Gasteiger charge is -2.10. The molecule has 33 heavy (non-hydrogen) atoms. The van der Waals surface area contributed by atoms with E-state index >= 15 is 0 Å². The zero-order chi connectivity index (χ0) is 23.9. The second kappa shape index (κ2) is 14.3. The fraction of sp³-hybridized carbons (Fsp3) is 0.125. The number of aromatic nitrogens is 1. The first-order valence-corrected chi connectivity index (χ1v) is 10.7. The summed E-state index contributed by atoms with van der Waals surface area (Å²) in [7, 11) is 0. The van der Waals surface area contributed by atoms with Crippen molar-refractivity contribution in [1.82, 2.24) is 15.6 Å². The predicted octanol–water partition coefficient (Wildman–Crippen LogP) is 3.92. The fourth-order valence-corrected chi connectivity index (χ4v) is 2.92. The summed E-state index contributed by atoms with van der Waals surface area (Å²) in [6.07, 6.45) is 3.37. The Labute approximate surface area is 202 Å². The molecule has 3 N–H and O–H groups in total. The molecule has 0 bridgehead atoms. The van der Waals surface area contributed by atoms with Crippen LogP contribution in [0.15, 0.2) is 84.1 Å². The third kappa shape index (κ3) is 9.49. The Bertz CT molecular complexity index is 1120. The van der Waals surface area contributed by atoms with Crippen LogP contribution >= 0.6 is 24.4 Å². The van der Waals surface area contributed by atoms with Crippen molar-refractivity contribution in [3.8, 4) is 0 Å². The molecule has 2 aromatic carbocycles. The topological polar surface area (TPSA) is 104 Å². The zero-order valence-electron chi connectivity index (χ0n) is 17.6. The third-order valence-corrected chi connectivity index (χ3v) is 4.62. The molecule has 3 rings (SSSR count). The van der Waals surface area contributed by atoms with Gasteiger partial charge in [-0.3, -0.25) is 15.1 Å². The third-order valence-electron chi connectivity index (χ3n) is 4.25. The minimum absolute atomic E-state index is 0.194. The first-order valence-electron chi connectivity index (χ1n) is 9.89. The highest BCUT2D eigenvalue weighted by atomic mass is 32.1. The Balaban J connectivity index is 0.000000321. The van der Waals surface area contributed by atoms with Crippen molar-refractivity contribution in [2.45, 2.75) is 13.0 Å². The molecular formula is C24H22N4O3S2. The number of carbonyl (C=O) groups excluding carboxylic acids is 1. The smallest absolute Gasteiger partial charge is 0.336 e. The van der Waals surface area contributed by atoms with Gasteiger partial charge in [-0.2, -0.15) is 0 Å². The van der Waals surface area contributed by atoms with Crippen LogP contribution in [0.3, 0.4) is 0 Å². The number of amides is 1. The molecule has 0 aliphatic carbocycles. The quantitative estimate of drug-likeness (QED) is 0.349. The predicted molar refractivity (Wildman–Crippen MR) is 135 cm³/mol. The number of hydrogen-bond donors (Lipinski definition) is 3. The molecule has 0 radical (unpaired) electrons. The van der Waals surface area contributed by atoms with Gasteiger partial charge in [0.2, 0.25) is 0 Å². The fourth-order valence-electron chi connectivity index (χ4n) is 2.66. The Morgan fingerprint density at radius 3 is 2.33 bits per heavy atom. The van der Waals surface area contributed by atoms with Gasteiger partial charge in [0.05, 0.1) is 17.3 Å². The number of isothiocyanates is 1. The van der Waals surface area contributed by atoms with E-state index in [-0.39, 0.29) is 16.6 Å². The molecule has 0 aliphatic heterocycles. The lowest BCUT2D eigenvalue weighted by Crippen LogP contribution is -2.40. The summed E-state index contributed by atoms with van der Waals surface area (Å²) < 4.78 is 0. The van der Waals surface area contributed by atoms with Crippen molar-refractivity contribution in [2.75, 3.05) is 6.54 Å². The van der Waals surface area contributed by atoms with Gasteiger partial charge in [0.15, 0.2) is 5.11 Å².